The van der Waals surface area contributed by atoms with Crippen LogP contribution in [0.15, 0.2) is 35.9 Å². The minimum absolute atomic E-state index is 0.0236. The summed E-state index contributed by atoms with van der Waals surface area (Å²) in [6, 6.07) is 6.77. The Balaban J connectivity index is 1.23. The lowest BCUT2D eigenvalue weighted by Crippen LogP contribution is -2.49. The molecule has 0 aromatic heterocycles. The average molecular weight is 440 g/mol. The monoisotopic (exact) mass is 439 g/mol. The van der Waals surface area contributed by atoms with Crippen LogP contribution in [0.1, 0.15) is 39.5 Å². The summed E-state index contributed by atoms with van der Waals surface area (Å²) in [5.74, 6) is 0.719. The first-order chi connectivity index (χ1) is 15.3. The summed E-state index contributed by atoms with van der Waals surface area (Å²) in [5, 5.41) is 10.9. The van der Waals surface area contributed by atoms with Crippen LogP contribution in [-0.4, -0.2) is 54.6 Å². The smallest absolute Gasteiger partial charge is 0.311 e. The van der Waals surface area contributed by atoms with Gasteiger partial charge in [0.15, 0.2) is 0 Å². The highest BCUT2D eigenvalue weighted by Crippen LogP contribution is 2.54. The van der Waals surface area contributed by atoms with Crippen molar-refractivity contribution in [1.29, 1.82) is 0 Å². The first-order valence-electron chi connectivity index (χ1n) is 12.0. The van der Waals surface area contributed by atoms with E-state index in [0.29, 0.717) is 5.92 Å². The van der Waals surface area contributed by atoms with Crippen LogP contribution in [0.4, 0.5) is 11.4 Å². The van der Waals surface area contributed by atoms with Crippen molar-refractivity contribution in [3.63, 3.8) is 0 Å². The van der Waals surface area contributed by atoms with Gasteiger partial charge in [0.1, 0.15) is 6.10 Å². The standard InChI is InChI=1S/C25H33N3O4/c1-17-4-3-9-25(2)15-23-20(14-22(17)25)21(24(29)32-23)16-26-10-12-27(13-11-26)18-5-7-19(8-6-18)28(30)31/h5-8,14,17,20-21,23H,3-4,9-13,15-16H2,1-2H3/t17-,20-,21-,23+,25-/m1/s1. The number of nitro groups is 1. The molecule has 4 aliphatic rings. The molecule has 0 bridgehead atoms. The second-order valence-corrected chi connectivity index (χ2v) is 10.4. The molecule has 0 unspecified atom stereocenters. The van der Waals surface area contributed by atoms with Gasteiger partial charge in [-0.2, -0.15) is 0 Å². The second kappa shape index (κ2) is 8.18. The third-order valence-electron chi connectivity index (χ3n) is 8.33. The van der Waals surface area contributed by atoms with E-state index in [1.807, 2.05) is 12.1 Å². The topological polar surface area (TPSA) is 75.9 Å². The molecule has 1 aromatic carbocycles. The number of piperazine rings is 1. The first-order valence-corrected chi connectivity index (χ1v) is 12.0. The number of anilines is 1. The van der Waals surface area contributed by atoms with Crippen LogP contribution < -0.4 is 4.90 Å². The summed E-state index contributed by atoms with van der Waals surface area (Å²) in [6.07, 6.45) is 7.17. The molecule has 0 radical (unpaired) electrons. The number of ether oxygens (including phenoxy) is 1. The summed E-state index contributed by atoms with van der Waals surface area (Å²) < 4.78 is 5.91. The Morgan fingerprint density at radius 1 is 1.19 bits per heavy atom. The lowest BCUT2D eigenvalue weighted by Gasteiger charge is -2.46. The van der Waals surface area contributed by atoms with Gasteiger partial charge in [-0.15, -0.1) is 0 Å². The van der Waals surface area contributed by atoms with Gasteiger partial charge in [-0.25, -0.2) is 0 Å². The number of nitrogens with zero attached hydrogens (tertiary/aromatic N) is 3. The van der Waals surface area contributed by atoms with Crippen LogP contribution in [0.3, 0.4) is 0 Å². The normalized spacial score (nSPS) is 35.0. The Morgan fingerprint density at radius 2 is 1.91 bits per heavy atom. The summed E-state index contributed by atoms with van der Waals surface area (Å²) in [5.41, 5.74) is 2.89. The molecule has 5 atom stereocenters. The number of carbonyl (C=O) groups is 1. The lowest BCUT2D eigenvalue weighted by atomic mass is 9.59. The molecule has 172 valence electrons. The van der Waals surface area contributed by atoms with Crippen molar-refractivity contribution in [3.8, 4) is 0 Å². The number of hydrogen-bond donors (Lipinski definition) is 0. The molecule has 3 fully saturated rings. The van der Waals surface area contributed by atoms with Crippen LogP contribution >= 0.6 is 0 Å². The second-order valence-electron chi connectivity index (χ2n) is 10.4. The van der Waals surface area contributed by atoms with E-state index in [1.165, 1.54) is 19.3 Å². The number of hydrogen-bond acceptors (Lipinski definition) is 6. The maximum Gasteiger partial charge on any atom is 0.311 e. The van der Waals surface area contributed by atoms with E-state index in [4.69, 9.17) is 4.74 Å². The van der Waals surface area contributed by atoms with Crippen LogP contribution in [0, 0.1) is 33.3 Å². The minimum atomic E-state index is -0.368. The first kappa shape index (κ1) is 21.4. The van der Waals surface area contributed by atoms with Crippen molar-refractivity contribution in [3.05, 3.63) is 46.0 Å². The van der Waals surface area contributed by atoms with Crippen molar-refractivity contribution in [1.82, 2.24) is 4.90 Å². The number of nitro benzene ring substituents is 1. The summed E-state index contributed by atoms with van der Waals surface area (Å²) >= 11 is 0. The zero-order valence-electron chi connectivity index (χ0n) is 19.0. The summed E-state index contributed by atoms with van der Waals surface area (Å²) in [6.45, 7) is 8.92. The van der Waals surface area contributed by atoms with Crippen molar-refractivity contribution in [2.75, 3.05) is 37.6 Å². The van der Waals surface area contributed by atoms with Gasteiger partial charge in [0.25, 0.3) is 5.69 Å². The van der Waals surface area contributed by atoms with Gasteiger partial charge in [-0.1, -0.05) is 31.9 Å². The fourth-order valence-corrected chi connectivity index (χ4v) is 6.51. The number of allylic oxidation sites excluding steroid dienone is 1. The van der Waals surface area contributed by atoms with Gasteiger partial charge in [0.2, 0.25) is 0 Å². The molecular formula is C25H33N3O4. The number of esters is 1. The number of rotatable bonds is 4. The molecular weight excluding hydrogens is 406 g/mol. The highest BCUT2D eigenvalue weighted by atomic mass is 16.6. The largest absolute Gasteiger partial charge is 0.461 e. The molecule has 1 aromatic rings. The summed E-state index contributed by atoms with van der Waals surface area (Å²) in [7, 11) is 0. The maximum absolute atomic E-state index is 12.8. The third-order valence-corrected chi connectivity index (χ3v) is 8.33. The molecule has 7 nitrogen and oxygen atoms in total. The predicted molar refractivity (Wildman–Crippen MR) is 122 cm³/mol. The van der Waals surface area contributed by atoms with E-state index in [1.54, 1.807) is 17.7 Å². The molecule has 0 N–H and O–H groups in total. The van der Waals surface area contributed by atoms with Crippen molar-refractivity contribution >= 4 is 17.3 Å². The highest BCUT2D eigenvalue weighted by molar-refractivity contribution is 5.76. The van der Waals surface area contributed by atoms with E-state index >= 15 is 0 Å². The Kier molecular flexibility index (Phi) is 5.48. The van der Waals surface area contributed by atoms with Crippen LogP contribution in [-0.2, 0) is 9.53 Å². The quantitative estimate of drug-likeness (QED) is 0.305. The third kappa shape index (κ3) is 3.81. The Morgan fingerprint density at radius 3 is 2.59 bits per heavy atom. The molecule has 2 heterocycles. The van der Waals surface area contributed by atoms with Gasteiger partial charge >= 0.3 is 5.97 Å². The molecule has 2 aliphatic heterocycles. The van der Waals surface area contributed by atoms with Crippen molar-refractivity contribution in [2.45, 2.75) is 45.6 Å². The molecule has 2 saturated heterocycles. The van der Waals surface area contributed by atoms with Gasteiger partial charge in [-0.05, 0) is 42.7 Å². The molecule has 5 rings (SSSR count). The number of non-ortho nitro benzene ring substituents is 1. The number of carbonyl (C=O) groups excluding carboxylic acids is 1. The highest BCUT2D eigenvalue weighted by Gasteiger charge is 2.52. The summed E-state index contributed by atoms with van der Waals surface area (Å²) in [4.78, 5) is 28.0. The number of benzene rings is 1. The van der Waals surface area contributed by atoms with E-state index in [2.05, 4.69) is 29.7 Å². The van der Waals surface area contributed by atoms with E-state index in [0.717, 1.165) is 44.8 Å². The fraction of sp³-hybridized carbons (Fsp3) is 0.640. The van der Waals surface area contributed by atoms with E-state index in [-0.39, 0.29) is 39.9 Å². The average Bonchev–Trinajstić information content (AvgIpc) is 3.06. The van der Waals surface area contributed by atoms with Crippen molar-refractivity contribution in [2.24, 2.45) is 23.2 Å². The molecule has 1 saturated carbocycles. The Bertz CT molecular complexity index is 922. The molecule has 0 amide bonds. The van der Waals surface area contributed by atoms with Gasteiger partial charge < -0.3 is 9.64 Å². The predicted octanol–water partition coefficient (Wildman–Crippen LogP) is 4.03. The van der Waals surface area contributed by atoms with Crippen molar-refractivity contribution < 1.29 is 14.5 Å². The minimum Gasteiger partial charge on any atom is -0.461 e. The SMILES string of the molecule is C[C@@H]1CCC[C@]2(C)C[C@@H]3OC(=O)[C@H](CN4CCN(c5ccc([N+](=O)[O-])cc5)CC4)[C@H]3C=C12. The lowest BCUT2D eigenvalue weighted by molar-refractivity contribution is -0.384. The molecule has 32 heavy (non-hydrogen) atoms. The van der Waals surface area contributed by atoms with Gasteiger partial charge in [0, 0.05) is 56.5 Å². The molecule has 2 aliphatic carbocycles. The van der Waals surface area contributed by atoms with E-state index in [9.17, 15) is 14.9 Å². The fourth-order valence-electron chi connectivity index (χ4n) is 6.51. The molecule has 7 heteroatoms. The number of fused-ring (bicyclic) bond motifs is 2. The van der Waals surface area contributed by atoms with Crippen LogP contribution in [0.2, 0.25) is 0 Å². The Hall–Kier alpha value is -2.41. The molecule has 0 spiro atoms. The maximum atomic E-state index is 12.8. The van der Waals surface area contributed by atoms with E-state index < -0.39 is 0 Å². The van der Waals surface area contributed by atoms with Gasteiger partial charge in [-0.3, -0.25) is 19.8 Å². The zero-order valence-corrected chi connectivity index (χ0v) is 19.0. The van der Waals surface area contributed by atoms with Crippen LogP contribution in [0.25, 0.3) is 0 Å². The Labute approximate surface area is 189 Å². The zero-order chi connectivity index (χ0) is 22.5. The van der Waals surface area contributed by atoms with Gasteiger partial charge in [0.05, 0.1) is 10.8 Å². The van der Waals surface area contributed by atoms with Crippen LogP contribution in [0.5, 0.6) is 0 Å².